The number of β-amino-alcohol motifs (C(OH)–C–C–N with tert-alkyl or cyclic N) is 1. The molecule has 36 heavy (non-hydrogen) atoms. The fourth-order valence-corrected chi connectivity index (χ4v) is 4.34. The van der Waals surface area contributed by atoms with Gasteiger partial charge >= 0.3 is 0 Å². The summed E-state index contributed by atoms with van der Waals surface area (Å²) in [4.78, 5) is 2.04. The van der Waals surface area contributed by atoms with Crippen molar-refractivity contribution in [3.8, 4) is 17.2 Å². The van der Waals surface area contributed by atoms with Crippen LogP contribution in [0.1, 0.15) is 17.5 Å². The molecule has 1 fully saturated rings. The van der Waals surface area contributed by atoms with E-state index in [9.17, 15) is 14.6 Å². The Morgan fingerprint density at radius 2 is 2.03 bits per heavy atom. The van der Waals surface area contributed by atoms with Gasteiger partial charge in [0.05, 0.1) is 31.0 Å². The fraction of sp³-hybridized carbons (Fsp3) is 0.423. The van der Waals surface area contributed by atoms with E-state index in [0.29, 0.717) is 44.2 Å². The largest absolute Gasteiger partial charge is 0.493 e. The van der Waals surface area contributed by atoms with Crippen molar-refractivity contribution in [2.24, 2.45) is 0 Å². The van der Waals surface area contributed by atoms with Gasteiger partial charge in [-0.2, -0.15) is 5.10 Å². The molecule has 0 unspecified atom stereocenters. The number of benzene rings is 2. The van der Waals surface area contributed by atoms with Crippen molar-refractivity contribution in [2.75, 3.05) is 33.4 Å². The number of likely N-dealkylation sites (tertiary alicyclic amines) is 1. The third-order valence-electron chi connectivity index (χ3n) is 6.19. The molecule has 2 atom stereocenters. The number of aliphatic hydroxyl groups excluding tert-OH is 1. The first-order chi connectivity index (χ1) is 17.3. The predicted octanol–water partition coefficient (Wildman–Crippen LogP) is 3.45. The highest BCUT2D eigenvalue weighted by molar-refractivity contribution is 6.30. The van der Waals surface area contributed by atoms with Gasteiger partial charge in [0, 0.05) is 31.9 Å². The third-order valence-corrected chi connectivity index (χ3v) is 6.50. The predicted molar refractivity (Wildman–Crippen MR) is 133 cm³/mol. The van der Waals surface area contributed by atoms with Crippen molar-refractivity contribution in [1.82, 2.24) is 14.7 Å². The Bertz CT molecular complexity index is 1180. The molecule has 0 aliphatic carbocycles. The van der Waals surface area contributed by atoms with E-state index in [4.69, 9.17) is 25.8 Å². The van der Waals surface area contributed by atoms with Gasteiger partial charge in [-0.25, -0.2) is 4.39 Å². The summed E-state index contributed by atoms with van der Waals surface area (Å²) < 4.78 is 32.6. The first-order valence-corrected chi connectivity index (χ1v) is 12.1. The highest BCUT2D eigenvalue weighted by Crippen LogP contribution is 2.30. The summed E-state index contributed by atoms with van der Waals surface area (Å²) in [6.45, 7) is 4.15. The smallest absolute Gasteiger partial charge is 0.161 e. The van der Waals surface area contributed by atoms with Gasteiger partial charge in [0.2, 0.25) is 0 Å². The summed E-state index contributed by atoms with van der Waals surface area (Å²) in [6, 6.07) is 9.79. The van der Waals surface area contributed by atoms with E-state index < -0.39 is 17.5 Å². The van der Waals surface area contributed by atoms with Crippen LogP contribution in [0.25, 0.3) is 0 Å². The summed E-state index contributed by atoms with van der Waals surface area (Å²) in [5.74, 6) is 0.880. The number of nitrogens with zero attached hydrogens (tertiary/aromatic N) is 3. The van der Waals surface area contributed by atoms with E-state index in [-0.39, 0.29) is 23.9 Å². The van der Waals surface area contributed by atoms with Gasteiger partial charge in [-0.15, -0.1) is 0 Å². The fourth-order valence-electron chi connectivity index (χ4n) is 4.23. The first-order valence-electron chi connectivity index (χ1n) is 11.8. The van der Waals surface area contributed by atoms with Crippen LogP contribution < -0.4 is 14.2 Å². The minimum atomic E-state index is -1.51. The van der Waals surface area contributed by atoms with E-state index in [1.165, 1.54) is 12.1 Å². The molecule has 0 amide bonds. The van der Waals surface area contributed by atoms with Crippen molar-refractivity contribution >= 4 is 11.6 Å². The molecule has 2 heterocycles. The third kappa shape index (κ3) is 6.47. The molecule has 0 bridgehead atoms. The van der Waals surface area contributed by atoms with E-state index in [0.717, 1.165) is 17.2 Å². The summed E-state index contributed by atoms with van der Waals surface area (Å²) in [5.41, 5.74) is 0.550. The highest BCUT2D eigenvalue weighted by atomic mass is 35.5. The molecule has 194 valence electrons. The molecule has 3 aromatic rings. The summed E-state index contributed by atoms with van der Waals surface area (Å²) >= 11 is 5.72. The van der Waals surface area contributed by atoms with Gasteiger partial charge in [0.1, 0.15) is 30.4 Å². The molecule has 4 rings (SSSR count). The maximum Gasteiger partial charge on any atom is 0.161 e. The van der Waals surface area contributed by atoms with Crippen LogP contribution in [0.3, 0.4) is 0 Å². The number of rotatable bonds is 10. The van der Waals surface area contributed by atoms with Gasteiger partial charge in [-0.3, -0.25) is 9.58 Å². The maximum absolute atomic E-state index is 13.7. The highest BCUT2D eigenvalue weighted by Gasteiger charge is 2.42. The Morgan fingerprint density at radius 3 is 2.75 bits per heavy atom. The molecule has 2 N–H and O–H groups in total. The number of ether oxygens (including phenoxy) is 3. The molecular weight excluding hydrogens is 489 g/mol. The van der Waals surface area contributed by atoms with Crippen LogP contribution in [0.2, 0.25) is 5.02 Å². The first kappa shape index (κ1) is 26.2. The topological polar surface area (TPSA) is 89.2 Å². The summed E-state index contributed by atoms with van der Waals surface area (Å²) in [7, 11) is 1.59. The van der Waals surface area contributed by atoms with Crippen LogP contribution in [0.4, 0.5) is 4.39 Å². The standard InChI is InChI=1S/C26H31ClFN3O5/c1-18-13-29-31(14-18)9-10-35-24-11-19(3-6-23(24)34-2)15-30-8-7-25(32)26(33,16-30)17-36-20-4-5-21(27)22(28)12-20/h3-6,11-14,25,32-33H,7-10,15-17H2,1-2H3/t25-,26-/m0/s1. The average molecular weight is 520 g/mol. The lowest BCUT2D eigenvalue weighted by Crippen LogP contribution is -2.59. The molecule has 10 heteroatoms. The van der Waals surface area contributed by atoms with Gasteiger partial charge in [-0.05, 0) is 48.7 Å². The second-order valence-corrected chi connectivity index (χ2v) is 9.50. The Hall–Kier alpha value is -2.85. The Labute approximate surface area is 214 Å². The summed E-state index contributed by atoms with van der Waals surface area (Å²) in [5, 5.41) is 25.9. The molecule has 1 aromatic heterocycles. The monoisotopic (exact) mass is 519 g/mol. The zero-order chi connectivity index (χ0) is 25.7. The average Bonchev–Trinajstić information content (AvgIpc) is 3.27. The molecule has 1 aliphatic heterocycles. The van der Waals surface area contributed by atoms with Gasteiger partial charge in [-0.1, -0.05) is 17.7 Å². The SMILES string of the molecule is COc1ccc(CN2CC[C@H](O)[C@@](O)(COc3ccc(Cl)c(F)c3)C2)cc1OCCn1cc(C)cn1. The molecular formula is C26H31ClFN3O5. The van der Waals surface area contributed by atoms with Crippen molar-refractivity contribution in [1.29, 1.82) is 0 Å². The number of hydrogen-bond acceptors (Lipinski definition) is 7. The lowest BCUT2D eigenvalue weighted by atomic mass is 9.90. The zero-order valence-electron chi connectivity index (χ0n) is 20.4. The molecule has 0 saturated carbocycles. The number of aromatic nitrogens is 2. The lowest BCUT2D eigenvalue weighted by molar-refractivity contribution is -0.140. The molecule has 0 spiro atoms. The Balaban J connectivity index is 1.37. The van der Waals surface area contributed by atoms with E-state index in [1.807, 2.05) is 40.9 Å². The van der Waals surface area contributed by atoms with Crippen molar-refractivity contribution < 1.29 is 28.8 Å². The van der Waals surface area contributed by atoms with Gasteiger partial charge in [0.25, 0.3) is 0 Å². The van der Waals surface area contributed by atoms with Crippen LogP contribution in [0.15, 0.2) is 48.8 Å². The Kier molecular flexibility index (Phi) is 8.35. The van der Waals surface area contributed by atoms with E-state index >= 15 is 0 Å². The van der Waals surface area contributed by atoms with Crippen LogP contribution >= 0.6 is 11.6 Å². The van der Waals surface area contributed by atoms with Crippen molar-refractivity contribution in [2.45, 2.75) is 38.1 Å². The normalized spacial score (nSPS) is 20.3. The number of halogens is 2. The van der Waals surface area contributed by atoms with E-state index in [1.54, 1.807) is 13.3 Å². The Morgan fingerprint density at radius 1 is 1.19 bits per heavy atom. The zero-order valence-corrected chi connectivity index (χ0v) is 21.1. The second kappa shape index (κ2) is 11.5. The van der Waals surface area contributed by atoms with Crippen LogP contribution in [0.5, 0.6) is 17.2 Å². The number of aliphatic hydroxyl groups is 2. The minimum absolute atomic E-state index is 0.00994. The number of piperidine rings is 1. The van der Waals surface area contributed by atoms with Crippen LogP contribution in [-0.2, 0) is 13.1 Å². The van der Waals surface area contributed by atoms with Gasteiger partial charge in [0.15, 0.2) is 11.5 Å². The molecule has 1 aliphatic rings. The molecule has 1 saturated heterocycles. The number of hydrogen-bond donors (Lipinski definition) is 2. The number of aryl methyl sites for hydroxylation is 1. The minimum Gasteiger partial charge on any atom is -0.493 e. The second-order valence-electron chi connectivity index (χ2n) is 9.10. The molecule has 2 aromatic carbocycles. The quantitative estimate of drug-likeness (QED) is 0.424. The van der Waals surface area contributed by atoms with Crippen molar-refractivity contribution in [3.05, 3.63) is 70.8 Å². The van der Waals surface area contributed by atoms with Crippen molar-refractivity contribution in [3.63, 3.8) is 0 Å². The molecule has 8 nitrogen and oxygen atoms in total. The lowest BCUT2D eigenvalue weighted by Gasteiger charge is -2.42. The van der Waals surface area contributed by atoms with E-state index in [2.05, 4.69) is 5.10 Å². The molecule has 0 radical (unpaired) electrons. The summed E-state index contributed by atoms with van der Waals surface area (Å²) in [6.07, 6.45) is 3.16. The maximum atomic E-state index is 13.7. The van der Waals surface area contributed by atoms with Crippen LogP contribution in [0, 0.1) is 12.7 Å². The number of methoxy groups -OCH3 is 1. The van der Waals surface area contributed by atoms with Gasteiger partial charge < -0.3 is 24.4 Å². The van der Waals surface area contributed by atoms with Crippen LogP contribution in [-0.4, -0.2) is 70.0 Å².